The lowest BCUT2D eigenvalue weighted by Crippen LogP contribution is -2.50. The quantitative estimate of drug-likeness (QED) is 0.125. The summed E-state index contributed by atoms with van der Waals surface area (Å²) in [6, 6.07) is 0. The van der Waals surface area contributed by atoms with Crippen molar-refractivity contribution in [3.05, 3.63) is 35.3 Å². The zero-order chi connectivity index (χ0) is 24.8. The monoisotopic (exact) mass is 472 g/mol. The van der Waals surface area contributed by atoms with Gasteiger partial charge in [-0.05, 0) is 38.0 Å². The van der Waals surface area contributed by atoms with Crippen molar-refractivity contribution in [3.8, 4) is 0 Å². The second-order valence-electron chi connectivity index (χ2n) is 9.90. The lowest BCUT2D eigenvalue weighted by Gasteiger charge is -2.31. The summed E-state index contributed by atoms with van der Waals surface area (Å²) in [6.07, 6.45) is 23.4. The third-order valence-corrected chi connectivity index (χ3v) is 6.77. The Labute approximate surface area is 206 Å². The molecule has 5 heteroatoms. The second-order valence-corrected chi connectivity index (χ2v) is 9.90. The molecule has 1 heterocycles. The largest absolute Gasteiger partial charge is 0.469 e. The minimum atomic E-state index is -1.80. The Kier molecular flexibility index (Phi) is 12.3. The first-order chi connectivity index (χ1) is 16.4. The SMILES string of the molecule is CCCCCCCCCCCCCCCCCC(=O)OC1(C)C(=O)C=C2C=C(C)OC=C2C1=O. The average Bonchev–Trinajstić information content (AvgIpc) is 2.80. The van der Waals surface area contributed by atoms with Gasteiger partial charge in [0.1, 0.15) is 12.0 Å². The number of esters is 1. The Bertz CT molecular complexity index is 788. The van der Waals surface area contributed by atoms with Gasteiger partial charge in [0.05, 0.1) is 5.57 Å². The number of fused-ring (bicyclic) bond motifs is 1. The van der Waals surface area contributed by atoms with Crippen LogP contribution in [0.2, 0.25) is 0 Å². The molecule has 0 bridgehead atoms. The molecule has 0 aromatic carbocycles. The molecule has 0 spiro atoms. The standard InChI is InChI=1S/C29H44O5/c1-4-5-6-7-8-9-10-11-12-13-14-15-16-17-18-19-27(31)34-29(3)26(30)21-24-20-23(2)33-22-25(24)28(29)32/h20-22H,4-19H2,1-3H3. The number of ether oxygens (including phenoxy) is 2. The van der Waals surface area contributed by atoms with E-state index in [2.05, 4.69) is 6.92 Å². The van der Waals surface area contributed by atoms with E-state index in [1.54, 1.807) is 13.0 Å². The summed E-state index contributed by atoms with van der Waals surface area (Å²) < 4.78 is 10.7. The third-order valence-electron chi connectivity index (χ3n) is 6.77. The van der Waals surface area contributed by atoms with Gasteiger partial charge in [-0.1, -0.05) is 96.8 Å². The number of hydrogen-bond donors (Lipinski definition) is 0. The number of ketones is 2. The van der Waals surface area contributed by atoms with E-state index in [0.29, 0.717) is 17.8 Å². The maximum Gasteiger partial charge on any atom is 0.307 e. The Morgan fingerprint density at radius 1 is 0.824 bits per heavy atom. The molecule has 0 amide bonds. The van der Waals surface area contributed by atoms with Gasteiger partial charge < -0.3 is 9.47 Å². The molecular formula is C29H44O5. The molecule has 2 rings (SSSR count). The van der Waals surface area contributed by atoms with Gasteiger partial charge in [0.15, 0.2) is 0 Å². The number of rotatable bonds is 17. The molecule has 0 aromatic rings. The molecule has 0 radical (unpaired) electrons. The van der Waals surface area contributed by atoms with Crippen molar-refractivity contribution in [2.75, 3.05) is 0 Å². The summed E-state index contributed by atoms with van der Waals surface area (Å²) >= 11 is 0. The van der Waals surface area contributed by atoms with Gasteiger partial charge in [0.25, 0.3) is 0 Å². The lowest BCUT2D eigenvalue weighted by atomic mass is 9.80. The molecule has 1 aliphatic carbocycles. The van der Waals surface area contributed by atoms with Crippen LogP contribution in [0.25, 0.3) is 0 Å². The van der Waals surface area contributed by atoms with Crippen molar-refractivity contribution in [1.29, 1.82) is 0 Å². The molecule has 1 atom stereocenters. The van der Waals surface area contributed by atoms with E-state index < -0.39 is 23.1 Å². The van der Waals surface area contributed by atoms with E-state index in [1.165, 1.54) is 96.3 Å². The fourth-order valence-corrected chi connectivity index (χ4v) is 4.52. The summed E-state index contributed by atoms with van der Waals surface area (Å²) in [7, 11) is 0. The average molecular weight is 473 g/mol. The van der Waals surface area contributed by atoms with E-state index in [-0.39, 0.29) is 12.0 Å². The third kappa shape index (κ3) is 8.88. The molecule has 0 fully saturated rings. The van der Waals surface area contributed by atoms with Crippen LogP contribution in [0.4, 0.5) is 0 Å². The summed E-state index contributed by atoms with van der Waals surface area (Å²) in [5.74, 6) is -0.923. The normalized spacial score (nSPS) is 19.7. The van der Waals surface area contributed by atoms with Gasteiger partial charge in [-0.15, -0.1) is 0 Å². The molecule has 0 saturated heterocycles. The molecule has 1 unspecified atom stereocenters. The van der Waals surface area contributed by atoms with Crippen LogP contribution in [0.5, 0.6) is 0 Å². The first kappa shape index (κ1) is 28.1. The van der Waals surface area contributed by atoms with Gasteiger partial charge in [-0.3, -0.25) is 14.4 Å². The Morgan fingerprint density at radius 2 is 1.32 bits per heavy atom. The van der Waals surface area contributed by atoms with Crippen LogP contribution in [0.3, 0.4) is 0 Å². The Morgan fingerprint density at radius 3 is 1.85 bits per heavy atom. The Balaban J connectivity index is 1.53. The predicted octanol–water partition coefficient (Wildman–Crippen LogP) is 7.45. The number of unbranched alkanes of at least 4 members (excludes halogenated alkanes) is 14. The van der Waals surface area contributed by atoms with Crippen LogP contribution in [-0.2, 0) is 23.9 Å². The Hall–Kier alpha value is -2.17. The number of carbonyl (C=O) groups excluding carboxylic acids is 3. The highest BCUT2D eigenvalue weighted by Gasteiger charge is 2.49. The zero-order valence-corrected chi connectivity index (χ0v) is 21.6. The molecule has 190 valence electrons. The molecule has 34 heavy (non-hydrogen) atoms. The second kappa shape index (κ2) is 15.0. The molecule has 5 nitrogen and oxygen atoms in total. The van der Waals surface area contributed by atoms with Crippen molar-refractivity contribution < 1.29 is 23.9 Å². The molecule has 0 saturated carbocycles. The summed E-state index contributed by atoms with van der Waals surface area (Å²) in [4.78, 5) is 37.7. The summed E-state index contributed by atoms with van der Waals surface area (Å²) in [6.45, 7) is 5.38. The maximum atomic E-state index is 12.8. The maximum absolute atomic E-state index is 12.8. The van der Waals surface area contributed by atoms with Gasteiger partial charge in [0.2, 0.25) is 17.2 Å². The highest BCUT2D eigenvalue weighted by Crippen LogP contribution is 2.33. The van der Waals surface area contributed by atoms with Crippen LogP contribution >= 0.6 is 0 Å². The lowest BCUT2D eigenvalue weighted by molar-refractivity contribution is -0.169. The highest BCUT2D eigenvalue weighted by atomic mass is 16.6. The van der Waals surface area contributed by atoms with Crippen LogP contribution in [-0.4, -0.2) is 23.1 Å². The molecule has 2 aliphatic rings. The van der Waals surface area contributed by atoms with E-state index in [4.69, 9.17) is 9.47 Å². The van der Waals surface area contributed by atoms with Crippen molar-refractivity contribution in [3.63, 3.8) is 0 Å². The molecule has 0 aromatic heterocycles. The van der Waals surface area contributed by atoms with Crippen molar-refractivity contribution in [2.24, 2.45) is 0 Å². The first-order valence-electron chi connectivity index (χ1n) is 13.5. The zero-order valence-electron chi connectivity index (χ0n) is 21.6. The smallest absolute Gasteiger partial charge is 0.307 e. The first-order valence-corrected chi connectivity index (χ1v) is 13.5. The van der Waals surface area contributed by atoms with E-state index in [0.717, 1.165) is 12.8 Å². The number of hydrogen-bond acceptors (Lipinski definition) is 5. The highest BCUT2D eigenvalue weighted by molar-refractivity contribution is 6.26. The van der Waals surface area contributed by atoms with Gasteiger partial charge in [-0.2, -0.15) is 0 Å². The van der Waals surface area contributed by atoms with Crippen molar-refractivity contribution in [2.45, 2.75) is 129 Å². The van der Waals surface area contributed by atoms with Crippen LogP contribution < -0.4 is 0 Å². The van der Waals surface area contributed by atoms with Gasteiger partial charge in [-0.25, -0.2) is 0 Å². The molecule has 0 N–H and O–H groups in total. The van der Waals surface area contributed by atoms with Crippen molar-refractivity contribution >= 4 is 17.5 Å². The fraction of sp³-hybridized carbons (Fsp3) is 0.690. The summed E-state index contributed by atoms with van der Waals surface area (Å²) in [5, 5.41) is 0. The summed E-state index contributed by atoms with van der Waals surface area (Å²) in [5.41, 5.74) is -1.02. The molecule has 1 aliphatic heterocycles. The van der Waals surface area contributed by atoms with E-state index in [1.807, 2.05) is 0 Å². The number of Topliss-reactive ketones (excluding diaryl/α,β-unsaturated/α-hetero) is 1. The predicted molar refractivity (Wildman–Crippen MR) is 135 cm³/mol. The molecular weight excluding hydrogens is 428 g/mol. The van der Waals surface area contributed by atoms with E-state index >= 15 is 0 Å². The topological polar surface area (TPSA) is 69.7 Å². The van der Waals surface area contributed by atoms with Crippen LogP contribution in [0.15, 0.2) is 35.3 Å². The van der Waals surface area contributed by atoms with Crippen LogP contribution in [0, 0.1) is 0 Å². The minimum Gasteiger partial charge on any atom is -0.469 e. The minimum absolute atomic E-state index is 0.222. The fourth-order valence-electron chi connectivity index (χ4n) is 4.52. The van der Waals surface area contributed by atoms with E-state index in [9.17, 15) is 14.4 Å². The van der Waals surface area contributed by atoms with Gasteiger partial charge in [0, 0.05) is 6.42 Å². The van der Waals surface area contributed by atoms with Crippen molar-refractivity contribution in [1.82, 2.24) is 0 Å². The number of carbonyl (C=O) groups is 3. The number of allylic oxidation sites excluding steroid dienone is 3. The van der Waals surface area contributed by atoms with Crippen LogP contribution in [0.1, 0.15) is 124 Å². The van der Waals surface area contributed by atoms with Gasteiger partial charge >= 0.3 is 5.97 Å².